The fourth-order valence-electron chi connectivity index (χ4n) is 3.93. The lowest BCUT2D eigenvalue weighted by atomic mass is 10.0. The van der Waals surface area contributed by atoms with E-state index in [9.17, 15) is 4.39 Å². The van der Waals surface area contributed by atoms with E-state index in [0.717, 1.165) is 50.4 Å². The zero-order valence-corrected chi connectivity index (χ0v) is 14.8. The van der Waals surface area contributed by atoms with Gasteiger partial charge in [0.2, 0.25) is 0 Å². The second-order valence-electron chi connectivity index (χ2n) is 7.28. The van der Waals surface area contributed by atoms with E-state index in [1.807, 2.05) is 18.3 Å². The third-order valence-corrected chi connectivity index (χ3v) is 5.42. The number of nitrogens with zero attached hydrogens (tertiary/aromatic N) is 4. The third-order valence-electron chi connectivity index (χ3n) is 5.42. The van der Waals surface area contributed by atoms with Gasteiger partial charge in [0.15, 0.2) is 0 Å². The second kappa shape index (κ2) is 7.18. The van der Waals surface area contributed by atoms with Gasteiger partial charge in [-0.15, -0.1) is 0 Å². The van der Waals surface area contributed by atoms with Crippen molar-refractivity contribution in [2.24, 2.45) is 0 Å². The van der Waals surface area contributed by atoms with Gasteiger partial charge in [0.25, 0.3) is 0 Å². The Morgan fingerprint density at radius 1 is 1.16 bits per heavy atom. The van der Waals surface area contributed by atoms with Crippen molar-refractivity contribution in [3.8, 4) is 0 Å². The predicted molar refractivity (Wildman–Crippen MR) is 95.5 cm³/mol. The van der Waals surface area contributed by atoms with Crippen LogP contribution >= 0.6 is 0 Å². The minimum atomic E-state index is -0.179. The number of aromatic nitrogens is 2. The second-order valence-corrected chi connectivity index (χ2v) is 7.28. The van der Waals surface area contributed by atoms with Crippen LogP contribution in [-0.2, 0) is 19.5 Å². The van der Waals surface area contributed by atoms with Crippen molar-refractivity contribution >= 4 is 0 Å². The van der Waals surface area contributed by atoms with Gasteiger partial charge in [-0.25, -0.2) is 14.4 Å². The zero-order chi connectivity index (χ0) is 17.2. The Labute approximate surface area is 148 Å². The fraction of sp³-hybridized carbons (Fsp3) is 0.500. The molecule has 0 N–H and O–H groups in total. The molecule has 1 fully saturated rings. The summed E-state index contributed by atoms with van der Waals surface area (Å²) in [6.07, 6.45) is 6.68. The largest absolute Gasteiger partial charge is 0.296 e. The zero-order valence-electron chi connectivity index (χ0n) is 14.8. The summed E-state index contributed by atoms with van der Waals surface area (Å²) in [6, 6.07) is 7.16. The normalized spacial score (nSPS) is 21.9. The van der Waals surface area contributed by atoms with Crippen molar-refractivity contribution in [1.29, 1.82) is 0 Å². The van der Waals surface area contributed by atoms with Crippen LogP contribution in [0.3, 0.4) is 0 Å². The van der Waals surface area contributed by atoms with Crippen LogP contribution in [-0.4, -0.2) is 39.9 Å². The first-order valence-electron chi connectivity index (χ1n) is 9.21. The molecule has 4 nitrogen and oxygen atoms in total. The van der Waals surface area contributed by atoms with Crippen LogP contribution in [0.5, 0.6) is 0 Å². The molecule has 3 heterocycles. The number of likely N-dealkylation sites (tertiary alicyclic amines) is 1. The monoisotopic (exact) mass is 340 g/mol. The summed E-state index contributed by atoms with van der Waals surface area (Å²) in [5, 5.41) is 0. The highest BCUT2D eigenvalue weighted by Crippen LogP contribution is 2.28. The van der Waals surface area contributed by atoms with E-state index < -0.39 is 0 Å². The fourth-order valence-corrected chi connectivity index (χ4v) is 3.93. The number of halogens is 1. The summed E-state index contributed by atoms with van der Waals surface area (Å²) in [7, 11) is 2.18. The quantitative estimate of drug-likeness (QED) is 0.858. The maximum absolute atomic E-state index is 13.0. The first-order chi connectivity index (χ1) is 12.2. The molecule has 0 saturated carbocycles. The summed E-state index contributed by atoms with van der Waals surface area (Å²) < 4.78 is 13.0. The van der Waals surface area contributed by atoms with Crippen molar-refractivity contribution in [3.63, 3.8) is 0 Å². The predicted octanol–water partition coefficient (Wildman–Crippen LogP) is 3.33. The molecule has 0 unspecified atom stereocenters. The molecule has 1 aromatic heterocycles. The van der Waals surface area contributed by atoms with Gasteiger partial charge >= 0.3 is 0 Å². The first-order valence-corrected chi connectivity index (χ1v) is 9.21. The van der Waals surface area contributed by atoms with E-state index in [0.29, 0.717) is 6.04 Å². The first kappa shape index (κ1) is 16.6. The molecule has 5 heteroatoms. The van der Waals surface area contributed by atoms with E-state index in [2.05, 4.69) is 16.8 Å². The highest BCUT2D eigenvalue weighted by Gasteiger charge is 2.25. The highest BCUT2D eigenvalue weighted by atomic mass is 19.1. The molecule has 2 aliphatic rings. The standard InChI is InChI=1S/C20H25FN4/c1-24-10-3-2-4-19(24)20-22-12-16-14-25(11-9-18(16)23-20)13-15-5-7-17(21)8-6-15/h5-8,12,19H,2-4,9-11,13-14H2,1H3/t19-/m1/s1. The molecule has 2 aliphatic heterocycles. The number of hydrogen-bond donors (Lipinski definition) is 0. The lowest BCUT2D eigenvalue weighted by Gasteiger charge is -2.32. The van der Waals surface area contributed by atoms with Crippen molar-refractivity contribution in [3.05, 3.63) is 58.9 Å². The average Bonchev–Trinajstić information content (AvgIpc) is 2.64. The van der Waals surface area contributed by atoms with Crippen LogP contribution in [0.4, 0.5) is 4.39 Å². The summed E-state index contributed by atoms with van der Waals surface area (Å²) in [4.78, 5) is 14.4. The van der Waals surface area contributed by atoms with Gasteiger partial charge in [0.05, 0.1) is 6.04 Å². The van der Waals surface area contributed by atoms with Crippen LogP contribution in [0, 0.1) is 5.82 Å². The third kappa shape index (κ3) is 3.72. The topological polar surface area (TPSA) is 32.3 Å². The van der Waals surface area contributed by atoms with Gasteiger partial charge in [-0.2, -0.15) is 0 Å². The molecule has 25 heavy (non-hydrogen) atoms. The number of hydrogen-bond acceptors (Lipinski definition) is 4. The Morgan fingerprint density at radius 2 is 2.00 bits per heavy atom. The van der Waals surface area contributed by atoms with E-state index >= 15 is 0 Å². The van der Waals surface area contributed by atoms with Gasteiger partial charge in [-0.3, -0.25) is 9.80 Å². The van der Waals surface area contributed by atoms with Crippen molar-refractivity contribution in [1.82, 2.24) is 19.8 Å². The Balaban J connectivity index is 1.46. The van der Waals surface area contributed by atoms with Gasteiger partial charge in [-0.05, 0) is 44.1 Å². The number of fused-ring (bicyclic) bond motifs is 1. The SMILES string of the molecule is CN1CCCC[C@@H]1c1ncc2c(n1)CCN(Cc1ccc(F)cc1)C2. The number of rotatable bonds is 3. The molecule has 132 valence electrons. The Morgan fingerprint density at radius 3 is 2.80 bits per heavy atom. The molecular formula is C20H25FN4. The van der Waals surface area contributed by atoms with E-state index in [1.54, 1.807) is 0 Å². The summed E-state index contributed by atoms with van der Waals surface area (Å²) in [6.45, 7) is 3.83. The maximum atomic E-state index is 13.0. The Hall–Kier alpha value is -1.85. The van der Waals surface area contributed by atoms with Crippen LogP contribution in [0.1, 0.15) is 47.9 Å². The molecule has 2 aromatic rings. The molecule has 1 saturated heterocycles. The minimum Gasteiger partial charge on any atom is -0.296 e. The lowest BCUT2D eigenvalue weighted by Crippen LogP contribution is -2.33. The Bertz CT molecular complexity index is 731. The van der Waals surface area contributed by atoms with Crippen molar-refractivity contribution < 1.29 is 4.39 Å². The minimum absolute atomic E-state index is 0.179. The van der Waals surface area contributed by atoms with E-state index in [1.165, 1.54) is 36.2 Å². The molecule has 1 atom stereocenters. The molecule has 1 aromatic carbocycles. The van der Waals surface area contributed by atoms with Crippen molar-refractivity contribution in [2.45, 2.75) is 44.8 Å². The Kier molecular flexibility index (Phi) is 4.77. The summed E-state index contributed by atoms with van der Waals surface area (Å²) >= 11 is 0. The van der Waals surface area contributed by atoms with E-state index in [4.69, 9.17) is 9.97 Å². The molecule has 0 radical (unpaired) electrons. The summed E-state index contributed by atoms with van der Waals surface area (Å²) in [5.74, 6) is 0.814. The maximum Gasteiger partial charge on any atom is 0.145 e. The van der Waals surface area contributed by atoms with Crippen LogP contribution in [0.25, 0.3) is 0 Å². The van der Waals surface area contributed by atoms with Crippen LogP contribution in [0.2, 0.25) is 0 Å². The highest BCUT2D eigenvalue weighted by molar-refractivity contribution is 5.23. The summed E-state index contributed by atoms with van der Waals surface area (Å²) in [5.41, 5.74) is 3.58. The molecule has 0 bridgehead atoms. The molecular weight excluding hydrogens is 315 g/mol. The molecule has 0 aliphatic carbocycles. The van der Waals surface area contributed by atoms with Crippen molar-refractivity contribution in [2.75, 3.05) is 20.1 Å². The van der Waals surface area contributed by atoms with Crippen LogP contribution in [0.15, 0.2) is 30.5 Å². The lowest BCUT2D eigenvalue weighted by molar-refractivity contribution is 0.178. The van der Waals surface area contributed by atoms with Crippen LogP contribution < -0.4 is 0 Å². The molecule has 0 amide bonds. The number of piperidine rings is 1. The van der Waals surface area contributed by atoms with E-state index in [-0.39, 0.29) is 5.82 Å². The van der Waals surface area contributed by atoms with Gasteiger partial charge in [0.1, 0.15) is 11.6 Å². The molecule has 4 rings (SSSR count). The number of benzene rings is 1. The van der Waals surface area contributed by atoms with Gasteiger partial charge < -0.3 is 0 Å². The molecule has 0 spiro atoms. The smallest absolute Gasteiger partial charge is 0.145 e. The average molecular weight is 340 g/mol. The van der Waals surface area contributed by atoms with Gasteiger partial charge in [0, 0.05) is 43.5 Å². The van der Waals surface area contributed by atoms with Gasteiger partial charge in [-0.1, -0.05) is 18.6 Å².